The van der Waals surface area contributed by atoms with Crippen LogP contribution >= 0.6 is 11.6 Å². The van der Waals surface area contributed by atoms with Crippen molar-refractivity contribution < 1.29 is 13.9 Å². The smallest absolute Gasteiger partial charge is 0.140 e. The summed E-state index contributed by atoms with van der Waals surface area (Å²) in [6, 6.07) is 11.4. The van der Waals surface area contributed by atoms with Gasteiger partial charge in [-0.2, -0.15) is 0 Å². The highest BCUT2D eigenvalue weighted by Crippen LogP contribution is 2.32. The fourth-order valence-electron chi connectivity index (χ4n) is 1.90. The van der Waals surface area contributed by atoms with Crippen LogP contribution in [0.2, 0.25) is 5.02 Å². The molecule has 20 heavy (non-hydrogen) atoms. The lowest BCUT2D eigenvalue weighted by Crippen LogP contribution is -2.19. The van der Waals surface area contributed by atoms with Crippen LogP contribution in [0.5, 0.6) is 11.5 Å². The lowest BCUT2D eigenvalue weighted by Gasteiger charge is -2.20. The van der Waals surface area contributed by atoms with Crippen LogP contribution in [-0.4, -0.2) is 13.7 Å². The Morgan fingerprint density at radius 2 is 1.95 bits per heavy atom. The lowest BCUT2D eigenvalue weighted by molar-refractivity contribution is 0.209. The third-order valence-electron chi connectivity index (χ3n) is 2.86. The van der Waals surface area contributed by atoms with Crippen LogP contribution in [0, 0.1) is 5.82 Å². The molecule has 5 heteroatoms. The maximum Gasteiger partial charge on any atom is 0.140 e. The van der Waals surface area contributed by atoms with Gasteiger partial charge in [0.05, 0.1) is 12.1 Å². The summed E-state index contributed by atoms with van der Waals surface area (Å²) in [5.41, 5.74) is 6.58. The van der Waals surface area contributed by atoms with Crippen LogP contribution in [0.3, 0.4) is 0 Å². The van der Waals surface area contributed by atoms with E-state index in [1.54, 1.807) is 7.11 Å². The summed E-state index contributed by atoms with van der Waals surface area (Å²) in [5.74, 6) is 0.652. The van der Waals surface area contributed by atoms with Crippen LogP contribution < -0.4 is 15.2 Å². The molecular formula is C15H15ClFNO2. The van der Waals surface area contributed by atoms with E-state index in [2.05, 4.69) is 0 Å². The molecule has 2 rings (SSSR count). The third kappa shape index (κ3) is 3.21. The summed E-state index contributed by atoms with van der Waals surface area (Å²) in [5, 5.41) is 0.207. The van der Waals surface area contributed by atoms with Gasteiger partial charge in [0.1, 0.15) is 23.4 Å². The van der Waals surface area contributed by atoms with Crippen molar-refractivity contribution in [3.05, 3.63) is 58.9 Å². The van der Waals surface area contributed by atoms with Crippen LogP contribution in [0.25, 0.3) is 0 Å². The van der Waals surface area contributed by atoms with Gasteiger partial charge in [0.2, 0.25) is 0 Å². The third-order valence-corrected chi connectivity index (χ3v) is 3.16. The molecule has 0 radical (unpaired) electrons. The standard InChI is InChI=1S/C15H15ClFNO2/c1-19-13-5-3-2-4-11(13)15(9-18)20-14-7-6-10(17)8-12(14)16/h2-8,15H,9,18H2,1H3. The highest BCUT2D eigenvalue weighted by molar-refractivity contribution is 6.32. The summed E-state index contributed by atoms with van der Waals surface area (Å²) < 4.78 is 24.1. The molecule has 0 aliphatic heterocycles. The van der Waals surface area contributed by atoms with E-state index in [1.165, 1.54) is 18.2 Å². The lowest BCUT2D eigenvalue weighted by atomic mass is 10.1. The first kappa shape index (κ1) is 14.6. The molecule has 3 nitrogen and oxygen atoms in total. The van der Waals surface area contributed by atoms with Gasteiger partial charge >= 0.3 is 0 Å². The van der Waals surface area contributed by atoms with Crippen LogP contribution in [0.4, 0.5) is 4.39 Å². The zero-order valence-electron chi connectivity index (χ0n) is 11.0. The molecule has 0 bridgehead atoms. The molecule has 1 unspecified atom stereocenters. The van der Waals surface area contributed by atoms with E-state index in [0.717, 1.165) is 5.56 Å². The minimum Gasteiger partial charge on any atom is -0.496 e. The van der Waals surface area contributed by atoms with Gasteiger partial charge < -0.3 is 15.2 Å². The molecule has 2 N–H and O–H groups in total. The van der Waals surface area contributed by atoms with E-state index in [-0.39, 0.29) is 11.6 Å². The number of ether oxygens (including phenoxy) is 2. The van der Waals surface area contributed by atoms with Crippen molar-refractivity contribution in [1.82, 2.24) is 0 Å². The molecule has 2 aromatic rings. The zero-order chi connectivity index (χ0) is 14.5. The number of para-hydroxylation sites is 1. The van der Waals surface area contributed by atoms with E-state index < -0.39 is 11.9 Å². The Hall–Kier alpha value is -1.78. The number of benzene rings is 2. The van der Waals surface area contributed by atoms with Crippen molar-refractivity contribution in [2.45, 2.75) is 6.10 Å². The first-order valence-electron chi connectivity index (χ1n) is 6.10. The quantitative estimate of drug-likeness (QED) is 0.917. The van der Waals surface area contributed by atoms with Crippen LogP contribution in [0.1, 0.15) is 11.7 Å². The molecule has 0 heterocycles. The predicted molar refractivity (Wildman–Crippen MR) is 76.8 cm³/mol. The van der Waals surface area contributed by atoms with E-state index in [9.17, 15) is 4.39 Å². The van der Waals surface area contributed by atoms with Crippen molar-refractivity contribution in [3.8, 4) is 11.5 Å². The van der Waals surface area contributed by atoms with Gasteiger partial charge in [0.25, 0.3) is 0 Å². The molecule has 0 aromatic heterocycles. The molecular weight excluding hydrogens is 281 g/mol. The Morgan fingerprint density at radius 1 is 1.20 bits per heavy atom. The van der Waals surface area contributed by atoms with Gasteiger partial charge in [-0.1, -0.05) is 29.8 Å². The molecule has 2 aromatic carbocycles. The maximum atomic E-state index is 13.0. The molecule has 0 saturated heterocycles. The molecule has 0 spiro atoms. The monoisotopic (exact) mass is 295 g/mol. The van der Waals surface area contributed by atoms with Gasteiger partial charge in [-0.3, -0.25) is 0 Å². The van der Waals surface area contributed by atoms with E-state index >= 15 is 0 Å². The summed E-state index contributed by atoms with van der Waals surface area (Å²) in [6.07, 6.45) is -0.422. The second kappa shape index (κ2) is 6.59. The van der Waals surface area contributed by atoms with E-state index in [4.69, 9.17) is 26.8 Å². The second-order valence-electron chi connectivity index (χ2n) is 4.16. The minimum atomic E-state index is -0.422. The van der Waals surface area contributed by atoms with Gasteiger partial charge in [-0.15, -0.1) is 0 Å². The highest BCUT2D eigenvalue weighted by Gasteiger charge is 2.17. The largest absolute Gasteiger partial charge is 0.496 e. The number of halogens is 2. The topological polar surface area (TPSA) is 44.5 Å². The first-order chi connectivity index (χ1) is 9.65. The number of rotatable bonds is 5. The maximum absolute atomic E-state index is 13.0. The zero-order valence-corrected chi connectivity index (χ0v) is 11.7. The van der Waals surface area contributed by atoms with Gasteiger partial charge in [-0.25, -0.2) is 4.39 Å². The summed E-state index contributed by atoms with van der Waals surface area (Å²) in [4.78, 5) is 0. The fourth-order valence-corrected chi connectivity index (χ4v) is 2.11. The Balaban J connectivity index is 2.29. The highest BCUT2D eigenvalue weighted by atomic mass is 35.5. The molecule has 1 atom stereocenters. The van der Waals surface area contributed by atoms with Crippen LogP contribution in [0.15, 0.2) is 42.5 Å². The molecule has 0 fully saturated rings. The van der Waals surface area contributed by atoms with Gasteiger partial charge in [-0.05, 0) is 24.3 Å². The molecule has 0 saturated carbocycles. The van der Waals surface area contributed by atoms with Crippen molar-refractivity contribution in [2.24, 2.45) is 5.73 Å². The van der Waals surface area contributed by atoms with E-state index in [1.807, 2.05) is 24.3 Å². The van der Waals surface area contributed by atoms with Crippen molar-refractivity contribution in [2.75, 3.05) is 13.7 Å². The molecule has 0 amide bonds. The minimum absolute atomic E-state index is 0.207. The second-order valence-corrected chi connectivity index (χ2v) is 4.57. The van der Waals surface area contributed by atoms with Gasteiger partial charge in [0.15, 0.2) is 0 Å². The van der Waals surface area contributed by atoms with Crippen LogP contribution in [-0.2, 0) is 0 Å². The van der Waals surface area contributed by atoms with E-state index in [0.29, 0.717) is 11.5 Å². The predicted octanol–water partition coefficient (Wildman–Crippen LogP) is 3.57. The molecule has 106 valence electrons. The van der Waals surface area contributed by atoms with Crippen molar-refractivity contribution >= 4 is 11.6 Å². The average Bonchev–Trinajstić information content (AvgIpc) is 2.46. The Kier molecular flexibility index (Phi) is 4.82. The summed E-state index contributed by atoms with van der Waals surface area (Å²) in [6.45, 7) is 0.244. The Labute approximate surface area is 122 Å². The number of hydrogen-bond acceptors (Lipinski definition) is 3. The summed E-state index contributed by atoms with van der Waals surface area (Å²) in [7, 11) is 1.58. The number of hydrogen-bond donors (Lipinski definition) is 1. The average molecular weight is 296 g/mol. The fraction of sp³-hybridized carbons (Fsp3) is 0.200. The molecule has 0 aliphatic carbocycles. The Morgan fingerprint density at radius 3 is 2.60 bits per heavy atom. The summed E-state index contributed by atoms with van der Waals surface area (Å²) >= 11 is 5.95. The first-order valence-corrected chi connectivity index (χ1v) is 6.48. The Bertz CT molecular complexity index is 592. The molecule has 0 aliphatic rings. The van der Waals surface area contributed by atoms with Gasteiger partial charge in [0, 0.05) is 12.1 Å². The number of nitrogens with two attached hydrogens (primary N) is 1. The van der Waals surface area contributed by atoms with Crippen molar-refractivity contribution in [1.29, 1.82) is 0 Å². The SMILES string of the molecule is COc1ccccc1C(CN)Oc1ccc(F)cc1Cl. The normalized spacial score (nSPS) is 12.0. The van der Waals surface area contributed by atoms with Crippen molar-refractivity contribution in [3.63, 3.8) is 0 Å². The number of methoxy groups -OCH3 is 1.